The Morgan fingerprint density at radius 1 is 0.762 bits per heavy atom. The summed E-state index contributed by atoms with van der Waals surface area (Å²) in [6, 6.07) is 0. The Hall–Kier alpha value is -1.40. The summed E-state index contributed by atoms with van der Waals surface area (Å²) in [6.07, 6.45) is -10.5. The van der Waals surface area contributed by atoms with E-state index in [1.54, 1.807) is 0 Å². The van der Waals surface area contributed by atoms with Crippen molar-refractivity contribution in [1.29, 1.82) is 0 Å². The van der Waals surface area contributed by atoms with Gasteiger partial charge in [0.1, 0.15) is 84.6 Å². The van der Waals surface area contributed by atoms with Crippen LogP contribution in [0.2, 0.25) is 0 Å². The first-order chi connectivity index (χ1) is 29.7. The summed E-state index contributed by atoms with van der Waals surface area (Å²) < 4.78 is 42.0. The molecule has 0 amide bonds. The van der Waals surface area contributed by atoms with Gasteiger partial charge in [-0.15, -0.1) is 0 Å². The number of ether oxygens (including phenoxy) is 7. The molecule has 8 rings (SSSR count). The van der Waals surface area contributed by atoms with E-state index < -0.39 is 111 Å². The molecule has 3 saturated carbocycles. The highest BCUT2D eigenvalue weighted by atomic mass is 16.8. The second-order valence-electron chi connectivity index (χ2n) is 20.8. The van der Waals surface area contributed by atoms with Gasteiger partial charge in [-0.25, -0.2) is 0 Å². The van der Waals surface area contributed by atoms with Gasteiger partial charge in [0.15, 0.2) is 18.9 Å². The molecule has 25 atom stereocenters. The van der Waals surface area contributed by atoms with Gasteiger partial charge in [-0.1, -0.05) is 32.4 Å². The van der Waals surface area contributed by atoms with Crippen LogP contribution in [0.5, 0.6) is 0 Å². The first-order valence-corrected chi connectivity index (χ1v) is 23.1. The van der Waals surface area contributed by atoms with Crippen LogP contribution in [0.15, 0.2) is 23.5 Å². The van der Waals surface area contributed by atoms with Gasteiger partial charge in [-0.2, -0.15) is 0 Å². The lowest BCUT2D eigenvalue weighted by Gasteiger charge is -2.58. The maximum Gasteiger partial charge on any atom is 0.187 e. The van der Waals surface area contributed by atoms with Crippen LogP contribution in [0.25, 0.3) is 0 Å². The standard InChI is InChI=1S/C45H72O18/c1-19(18-57-40-36(54)34(52)31(49)27(16-46)61-40)6-9-29-45(5,56)39-26(60-29)15-25-23-8-7-21-14-22(10-12-43(21,3)24(23)11-13-44(25,39)4)59-42-38(35(53)32(50)28(17-47)62-42)63-41-37(55)33(51)30(48)20(2)58-41/h7,9,19-20,22-28,30-42,46-56H,6,8,10-18H2,1-5H3/b29-9-/t19-,20+,22+,23-,24+,25+,26+,27-,28-,30+,31-,32-,33-,34+,35+,36-,37-,38-,39+,40-,41+,42-,43+,44+,45-/m1/s1. The van der Waals surface area contributed by atoms with Crippen molar-refractivity contribution in [2.45, 2.75) is 196 Å². The largest absolute Gasteiger partial charge is 0.492 e. The van der Waals surface area contributed by atoms with Crippen molar-refractivity contribution in [2.24, 2.45) is 40.4 Å². The van der Waals surface area contributed by atoms with E-state index in [1.807, 2.05) is 19.9 Å². The third-order valence-corrected chi connectivity index (χ3v) is 16.8. The zero-order valence-electron chi connectivity index (χ0n) is 36.9. The minimum absolute atomic E-state index is 0.0743. The smallest absolute Gasteiger partial charge is 0.187 e. The lowest BCUT2D eigenvalue weighted by atomic mass is 9.46. The first-order valence-electron chi connectivity index (χ1n) is 23.1. The van der Waals surface area contributed by atoms with Crippen LogP contribution in [0, 0.1) is 40.4 Å². The Bertz CT molecular complexity index is 1660. The van der Waals surface area contributed by atoms with Crippen LogP contribution in [-0.4, -0.2) is 186 Å². The molecule has 4 aliphatic carbocycles. The molecule has 4 heterocycles. The van der Waals surface area contributed by atoms with Crippen molar-refractivity contribution in [1.82, 2.24) is 0 Å². The van der Waals surface area contributed by atoms with Crippen molar-refractivity contribution in [2.75, 3.05) is 19.8 Å². The summed E-state index contributed by atoms with van der Waals surface area (Å²) in [5.41, 5.74) is -0.141. The van der Waals surface area contributed by atoms with E-state index >= 15 is 0 Å². The van der Waals surface area contributed by atoms with Crippen molar-refractivity contribution in [3.8, 4) is 0 Å². The number of hydrogen-bond acceptors (Lipinski definition) is 18. The van der Waals surface area contributed by atoms with Gasteiger partial charge in [0, 0.05) is 5.92 Å². The summed E-state index contributed by atoms with van der Waals surface area (Å²) >= 11 is 0. The predicted molar refractivity (Wildman–Crippen MR) is 218 cm³/mol. The van der Waals surface area contributed by atoms with Gasteiger partial charge in [0.05, 0.1) is 32.0 Å². The highest BCUT2D eigenvalue weighted by Gasteiger charge is 2.69. The van der Waals surface area contributed by atoms with E-state index in [1.165, 1.54) is 12.5 Å². The van der Waals surface area contributed by atoms with E-state index in [0.29, 0.717) is 42.8 Å². The molecule has 0 unspecified atom stereocenters. The van der Waals surface area contributed by atoms with Gasteiger partial charge in [0.25, 0.3) is 0 Å². The minimum atomic E-state index is -1.65. The molecule has 11 N–H and O–H groups in total. The lowest BCUT2D eigenvalue weighted by molar-refractivity contribution is -0.369. The van der Waals surface area contributed by atoms with Crippen LogP contribution in [-0.2, 0) is 33.2 Å². The first kappa shape index (κ1) is 48.1. The topological polar surface area (TPSA) is 287 Å². The average molecular weight is 901 g/mol. The summed E-state index contributed by atoms with van der Waals surface area (Å²) in [5, 5.41) is 115. The van der Waals surface area contributed by atoms with Gasteiger partial charge >= 0.3 is 0 Å². The normalized spacial score (nSPS) is 54.4. The monoisotopic (exact) mass is 900 g/mol. The highest BCUT2D eigenvalue weighted by molar-refractivity contribution is 5.29. The third kappa shape index (κ3) is 8.38. The Balaban J connectivity index is 0.903. The van der Waals surface area contributed by atoms with E-state index in [4.69, 9.17) is 33.2 Å². The summed E-state index contributed by atoms with van der Waals surface area (Å²) in [6.45, 7) is 9.05. The molecule has 360 valence electrons. The average Bonchev–Trinajstić information content (AvgIpc) is 3.71. The molecule has 0 spiro atoms. The van der Waals surface area contributed by atoms with Crippen molar-refractivity contribution in [3.63, 3.8) is 0 Å². The molecule has 18 nitrogen and oxygen atoms in total. The molecule has 0 aromatic rings. The molecule has 63 heavy (non-hydrogen) atoms. The maximum atomic E-state index is 12.3. The molecule has 0 aromatic carbocycles. The molecule has 0 radical (unpaired) electrons. The van der Waals surface area contributed by atoms with Gasteiger partial charge in [-0.05, 0) is 106 Å². The van der Waals surface area contributed by atoms with Gasteiger partial charge in [0.2, 0.25) is 0 Å². The Morgan fingerprint density at radius 2 is 1.41 bits per heavy atom. The van der Waals surface area contributed by atoms with Crippen LogP contribution in [0.3, 0.4) is 0 Å². The van der Waals surface area contributed by atoms with Crippen molar-refractivity contribution in [3.05, 3.63) is 23.5 Å². The van der Waals surface area contributed by atoms with E-state index in [2.05, 4.69) is 19.9 Å². The second kappa shape index (κ2) is 18.3. The fraction of sp³-hybridized carbons (Fsp3) is 0.911. The zero-order valence-corrected chi connectivity index (χ0v) is 36.9. The molecule has 4 aliphatic heterocycles. The third-order valence-electron chi connectivity index (χ3n) is 16.8. The van der Waals surface area contributed by atoms with E-state index in [-0.39, 0.29) is 41.5 Å². The minimum Gasteiger partial charge on any atom is -0.492 e. The quantitative estimate of drug-likeness (QED) is 0.112. The summed E-state index contributed by atoms with van der Waals surface area (Å²) in [7, 11) is 0. The van der Waals surface area contributed by atoms with E-state index in [0.717, 1.165) is 32.1 Å². The number of hydrogen-bond donors (Lipinski definition) is 11. The Morgan fingerprint density at radius 3 is 2.11 bits per heavy atom. The van der Waals surface area contributed by atoms with Gasteiger partial charge in [-0.3, -0.25) is 0 Å². The Labute approximate surface area is 368 Å². The number of aliphatic hydroxyl groups is 11. The van der Waals surface area contributed by atoms with Crippen molar-refractivity contribution < 1.29 is 89.3 Å². The highest BCUT2D eigenvalue weighted by Crippen LogP contribution is 2.70. The summed E-state index contributed by atoms with van der Waals surface area (Å²) in [5.74, 6) is 1.53. The van der Waals surface area contributed by atoms with Crippen LogP contribution in [0.1, 0.15) is 86.0 Å². The molecular weight excluding hydrogens is 828 g/mol. The van der Waals surface area contributed by atoms with Crippen LogP contribution < -0.4 is 0 Å². The Kier molecular flexibility index (Phi) is 13.9. The molecular formula is C45H72O18. The maximum absolute atomic E-state index is 12.3. The number of rotatable bonds is 11. The summed E-state index contributed by atoms with van der Waals surface area (Å²) in [4.78, 5) is 0. The number of allylic oxidation sites excluding steroid dienone is 2. The second-order valence-corrected chi connectivity index (χ2v) is 20.8. The van der Waals surface area contributed by atoms with Crippen LogP contribution >= 0.6 is 0 Å². The number of aliphatic hydroxyl groups excluding tert-OH is 10. The predicted octanol–water partition coefficient (Wildman–Crippen LogP) is -0.911. The molecule has 0 bridgehead atoms. The molecule has 0 aromatic heterocycles. The molecule has 8 aliphatic rings. The fourth-order valence-electron chi connectivity index (χ4n) is 13.2. The fourth-order valence-corrected chi connectivity index (χ4v) is 13.2. The molecule has 4 saturated heterocycles. The van der Waals surface area contributed by atoms with Crippen LogP contribution in [0.4, 0.5) is 0 Å². The molecule has 7 fully saturated rings. The molecule has 18 heteroatoms. The lowest BCUT2D eigenvalue weighted by Crippen LogP contribution is -2.64. The van der Waals surface area contributed by atoms with Gasteiger partial charge < -0.3 is 89.3 Å². The number of fused-ring (bicyclic) bond motifs is 7. The van der Waals surface area contributed by atoms with Crippen molar-refractivity contribution >= 4 is 0 Å². The zero-order chi connectivity index (χ0) is 45.5. The SMILES string of the molecule is C[C@H](C/C=C1\O[C@H]2C[C@H]3[C@@H]4CC=C5C[C@@H](O[C@@H]6O[C@H](CO)[C@@H](O)[C@H](O)[C@H]6O[C@@H]6O[C@@H](C)[C@H](O)[C@@H](O)[C@H]6O)CC[C@]5(C)[C@H]4CC[C@]3(C)[C@H]2[C@]1(C)O)CO[C@@H]1O[C@H](CO)[C@@H](O)[C@H](O)[C@H]1O. The van der Waals surface area contributed by atoms with E-state index in [9.17, 15) is 56.2 Å².